The second kappa shape index (κ2) is 37.7. The van der Waals surface area contributed by atoms with Gasteiger partial charge in [0.15, 0.2) is 5.71 Å². The number of benzene rings is 6. The van der Waals surface area contributed by atoms with Crippen LogP contribution in [0.2, 0.25) is 0 Å². The first kappa shape index (κ1) is 96.0. The smallest absolute Gasteiger partial charge is 0.748 e. The fourth-order valence-electron chi connectivity index (χ4n) is 12.6. The van der Waals surface area contributed by atoms with Gasteiger partial charge in [-0.15, -0.1) is 0 Å². The summed E-state index contributed by atoms with van der Waals surface area (Å²) in [4.78, 5) is 27.1. The maximum atomic E-state index is 13.5. The van der Waals surface area contributed by atoms with Crippen molar-refractivity contribution in [3.63, 3.8) is 0 Å². The molecular weight excluding hydrogens is 1580 g/mol. The van der Waals surface area contributed by atoms with Crippen LogP contribution in [0.25, 0.3) is 27.1 Å². The fraction of sp³-hybridized carbons (Fsp3) is 0.303. The Morgan fingerprint density at radius 1 is 0.607 bits per heavy atom. The van der Waals surface area contributed by atoms with Crippen LogP contribution < -0.4 is 174 Å². The molecular formula is C66H64F3N6Na5O21S6. The normalized spacial score (nSPS) is 14.8. The van der Waals surface area contributed by atoms with Gasteiger partial charge in [-0.2, -0.15) is 17.7 Å². The third-order valence-corrected chi connectivity index (χ3v) is 22.1. The maximum Gasteiger partial charge on any atom is 1.00 e. The van der Waals surface area contributed by atoms with E-state index in [4.69, 9.17) is 10.5 Å². The number of alkyl halides is 3. The number of aromatic nitrogens is 1. The molecule has 0 unspecified atom stereocenters. The van der Waals surface area contributed by atoms with E-state index in [-0.39, 0.29) is 267 Å². The van der Waals surface area contributed by atoms with Crippen LogP contribution in [0.3, 0.4) is 0 Å². The Kier molecular flexibility index (Phi) is 33.8. The number of anilines is 1. The van der Waals surface area contributed by atoms with Crippen LogP contribution in [0.4, 0.5) is 24.5 Å². The fourth-order valence-corrected chi connectivity index (χ4v) is 16.2. The van der Waals surface area contributed by atoms with Crippen molar-refractivity contribution in [3.05, 3.63) is 178 Å². The van der Waals surface area contributed by atoms with Gasteiger partial charge in [0.25, 0.3) is 5.91 Å². The van der Waals surface area contributed by atoms with Crippen LogP contribution in [-0.2, 0) is 95.5 Å². The number of nitrogens with two attached hydrogens (primary N) is 1. The number of carbonyl (C=O) groups is 2. The SMILES string of the molecule is CC1(C)C(/C=C/C(=C/C=C2\N(CCCS(=O)(=O)[O-])c3ccc4c(S(=O)(=O)[O-])cc(S(=O)(=O)[O-])cc4c3C2(C)C)c2cccc(CCCCC(=O)NCCNC(=O)c3cccc(Oc4cc(CN)cc(C(F)(F)F)n4)c3)c2)=[N+](CCCS(=O)(=O)[O-])c2ccc3c(S(=O)(=O)[O-])cc(S(=O)(=O)[O-])cc3c21.[Na+].[Na+].[Na+].[Na+].[Na+]. The molecule has 0 bridgehead atoms. The summed E-state index contributed by atoms with van der Waals surface area (Å²) in [6, 6.07) is 22.6. The molecule has 2 amide bonds. The summed E-state index contributed by atoms with van der Waals surface area (Å²) in [5, 5.41) is 4.55. The second-order valence-electron chi connectivity index (χ2n) is 25.0. The number of fused-ring (bicyclic) bond motifs is 6. The Hall–Kier alpha value is -3.37. The number of ether oxygens (including phenoxy) is 1. The number of hydrogen-bond acceptors (Lipinski definition) is 24. The van der Waals surface area contributed by atoms with E-state index in [9.17, 15) is 101 Å². The van der Waals surface area contributed by atoms with Gasteiger partial charge in [-0.3, -0.25) is 9.59 Å². The Bertz CT molecular complexity index is 5460. The number of nitrogens with one attached hydrogen (secondary N) is 2. The molecule has 9 rings (SSSR count). The Morgan fingerprint density at radius 3 is 1.74 bits per heavy atom. The molecule has 1 aromatic heterocycles. The van der Waals surface area contributed by atoms with Gasteiger partial charge in [0.1, 0.15) is 58.5 Å². The molecule has 0 spiro atoms. The van der Waals surface area contributed by atoms with E-state index in [2.05, 4.69) is 15.6 Å². The number of aryl methyl sites for hydroxylation is 1. The first-order valence-corrected chi connectivity index (χ1v) is 39.7. The minimum atomic E-state index is -5.47. The number of amides is 2. The van der Waals surface area contributed by atoms with Gasteiger partial charge >= 0.3 is 154 Å². The summed E-state index contributed by atoms with van der Waals surface area (Å²) in [5.74, 6) is -3.07. The largest absolute Gasteiger partial charge is 1.00 e. The van der Waals surface area contributed by atoms with Gasteiger partial charge in [0, 0.05) is 102 Å². The van der Waals surface area contributed by atoms with Crippen molar-refractivity contribution < 1.29 is 258 Å². The topological polar surface area (TPSA) is 456 Å². The van der Waals surface area contributed by atoms with E-state index < -0.39 is 126 Å². The van der Waals surface area contributed by atoms with Crippen LogP contribution in [-0.4, -0.2) is 143 Å². The predicted octanol–water partition coefficient (Wildman–Crippen LogP) is -7.88. The molecule has 0 radical (unpaired) electrons. The third-order valence-electron chi connectivity index (χ3n) is 17.1. The standard InChI is InChI=1S/C66H69F3N6O21S6.5Na/c1-64(2)57(74(27-9-29-97(78,79)80)52-21-19-48-50(61(52)64)35-46(99(84,85)86)37-54(48)101(90,91)92)23-17-42(18-24-58-65(3,4)62-51-36-47(100(87,88)89)38-55(102(93,94)95)49(51)20-22-53(62)75(58)28-10-30-98(81,82)83)43-13-7-12-40(31-43)11-5-6-16-59(76)71-25-26-72-63(77)44-14-8-15-45(34-44)96-60-33-41(39-70)32-56(73-60)66(67,68)69;;;;;/h7-8,12-15,17-24,31-38H,5-6,9-11,16,25-30,39,70H2,1-4H3,(H7-,71,72,76,77,78,79,80,81,82,83,84,85,86,87,88,89,90,91,92,93,94,95);;;;;/q;5*+1/p-5. The minimum Gasteiger partial charge on any atom is -0.748 e. The van der Waals surface area contributed by atoms with Crippen molar-refractivity contribution in [1.82, 2.24) is 15.6 Å². The van der Waals surface area contributed by atoms with Gasteiger partial charge < -0.3 is 53.3 Å². The molecule has 7 aromatic rings. The van der Waals surface area contributed by atoms with Crippen LogP contribution in [0.1, 0.15) is 104 Å². The number of hydrogen-bond donors (Lipinski definition) is 3. The van der Waals surface area contributed by atoms with E-state index in [1.807, 2.05) is 0 Å². The summed E-state index contributed by atoms with van der Waals surface area (Å²) in [6.07, 6.45) is 2.20. The van der Waals surface area contributed by atoms with Crippen molar-refractivity contribution in [2.75, 3.05) is 42.6 Å². The average molecular weight is 1640 g/mol. The zero-order chi connectivity index (χ0) is 75.1. The molecule has 0 aliphatic carbocycles. The van der Waals surface area contributed by atoms with Crippen molar-refractivity contribution in [3.8, 4) is 11.6 Å². The summed E-state index contributed by atoms with van der Waals surface area (Å²) in [7, 11) is -31.5. The molecule has 6 aromatic carbocycles. The third kappa shape index (κ3) is 23.9. The molecule has 3 heterocycles. The molecule has 0 atom stereocenters. The molecule has 2 aliphatic heterocycles. The molecule has 4 N–H and O–H groups in total. The average Bonchev–Trinajstić information content (AvgIpc) is 1.56. The summed E-state index contributed by atoms with van der Waals surface area (Å²) in [5.41, 5.74) is 4.73. The summed E-state index contributed by atoms with van der Waals surface area (Å²) >= 11 is 0. The van der Waals surface area contributed by atoms with E-state index in [0.717, 1.165) is 23.8 Å². The van der Waals surface area contributed by atoms with Gasteiger partial charge in [0.05, 0.1) is 45.2 Å². The number of pyridine rings is 1. The molecule has 0 fully saturated rings. The van der Waals surface area contributed by atoms with E-state index >= 15 is 0 Å². The molecule has 27 nitrogen and oxygen atoms in total. The Labute approximate surface area is 728 Å². The summed E-state index contributed by atoms with van der Waals surface area (Å²) < 4.78 is 272. The number of rotatable bonds is 28. The van der Waals surface area contributed by atoms with E-state index in [1.54, 1.807) is 85.7 Å². The number of allylic oxidation sites excluding steroid dienone is 6. The predicted molar refractivity (Wildman–Crippen MR) is 359 cm³/mol. The first-order valence-electron chi connectivity index (χ1n) is 30.9. The van der Waals surface area contributed by atoms with Crippen LogP contribution in [0.5, 0.6) is 11.6 Å². The number of carbonyl (C=O) groups excluding carboxylic acids is 2. The number of nitrogens with zero attached hydrogens (tertiary/aromatic N) is 3. The molecule has 41 heteroatoms. The Morgan fingerprint density at radius 2 is 1.17 bits per heavy atom. The molecule has 0 saturated carbocycles. The maximum absolute atomic E-state index is 13.5. The van der Waals surface area contributed by atoms with Crippen LogP contribution in [0, 0.1) is 0 Å². The van der Waals surface area contributed by atoms with Gasteiger partial charge in [-0.25, -0.2) is 55.5 Å². The van der Waals surface area contributed by atoms with Gasteiger partial charge in [0.2, 0.25) is 17.5 Å². The van der Waals surface area contributed by atoms with Crippen LogP contribution >= 0.6 is 0 Å². The zero-order valence-corrected chi connectivity index (χ0v) is 74.4. The monoisotopic (exact) mass is 1640 g/mol. The van der Waals surface area contributed by atoms with E-state index in [0.29, 0.717) is 53.9 Å². The van der Waals surface area contributed by atoms with Crippen molar-refractivity contribution in [1.29, 1.82) is 0 Å². The molecule has 2 aliphatic rings. The van der Waals surface area contributed by atoms with E-state index in [1.165, 1.54) is 54.6 Å². The zero-order valence-electron chi connectivity index (χ0n) is 59.5. The number of halogens is 3. The molecule has 0 saturated heterocycles. The summed E-state index contributed by atoms with van der Waals surface area (Å²) in [6.45, 7) is 5.85. The van der Waals surface area contributed by atoms with Crippen LogP contribution in [0.15, 0.2) is 159 Å². The molecule has 107 heavy (non-hydrogen) atoms. The first-order chi connectivity index (χ1) is 47.3. The quantitative estimate of drug-likeness (QED) is 0.0135. The van der Waals surface area contributed by atoms with Gasteiger partial charge in [-0.05, 0) is 156 Å². The molecule has 546 valence electrons. The minimum absolute atomic E-state index is 0. The number of unbranched alkanes of at least 4 members (excludes halogenated alkanes) is 1. The van der Waals surface area contributed by atoms with Crippen molar-refractivity contribution >= 4 is 117 Å². The van der Waals surface area contributed by atoms with Gasteiger partial charge in [-0.1, -0.05) is 56.3 Å². The Balaban J connectivity index is 0.00000484. The van der Waals surface area contributed by atoms with Crippen molar-refractivity contribution in [2.45, 2.75) is 109 Å². The van der Waals surface area contributed by atoms with Crippen molar-refractivity contribution in [2.24, 2.45) is 5.73 Å². The second-order valence-corrected chi connectivity index (χ2v) is 33.5.